The molecule has 8 rings (SSSR count). The smallest absolute Gasteiger partial charge is 0.287 e. The van der Waals surface area contributed by atoms with Crippen molar-refractivity contribution in [3.8, 4) is 0 Å². The van der Waals surface area contributed by atoms with Gasteiger partial charge >= 0.3 is 0 Å². The van der Waals surface area contributed by atoms with Crippen LogP contribution in [0.1, 0.15) is 36.8 Å². The summed E-state index contributed by atoms with van der Waals surface area (Å²) in [6, 6.07) is 22.6. The van der Waals surface area contributed by atoms with Crippen molar-refractivity contribution in [3.63, 3.8) is 0 Å². The van der Waals surface area contributed by atoms with Gasteiger partial charge in [-0.3, -0.25) is 0 Å². The molecule has 3 heterocycles. The molecule has 0 aliphatic heterocycles. The molecule has 4 aromatic carbocycles. The Morgan fingerprint density at radius 3 is 2.51 bits per heavy atom. The average Bonchev–Trinajstić information content (AvgIpc) is 3.51. The molecule has 0 bridgehead atoms. The highest BCUT2D eigenvalue weighted by molar-refractivity contribution is 6.28. The van der Waals surface area contributed by atoms with E-state index in [1.807, 2.05) is 6.33 Å². The third-order valence-corrected chi connectivity index (χ3v) is 8.71. The predicted molar refractivity (Wildman–Crippen MR) is 145 cm³/mol. The first-order valence-electron chi connectivity index (χ1n) is 13.0. The quantitative estimate of drug-likeness (QED) is 0.151. The second-order valence-electron chi connectivity index (χ2n) is 10.7. The van der Waals surface area contributed by atoms with Crippen LogP contribution in [0.15, 0.2) is 67.0 Å². The first kappa shape index (κ1) is 19.6. The molecule has 0 N–H and O–H groups in total. The van der Waals surface area contributed by atoms with Gasteiger partial charge in [0.05, 0.1) is 29.0 Å². The number of benzene rings is 4. The number of aromatic nitrogens is 3. The molecule has 1 aliphatic carbocycles. The molecule has 1 saturated carbocycles. The van der Waals surface area contributed by atoms with Crippen LogP contribution >= 0.6 is 0 Å². The van der Waals surface area contributed by atoms with Gasteiger partial charge in [-0.15, -0.1) is 0 Å². The van der Waals surface area contributed by atoms with Crippen LogP contribution in [-0.2, 0) is 13.5 Å². The maximum atomic E-state index is 4.99. The third kappa shape index (κ3) is 2.51. The molecule has 0 saturated heterocycles. The van der Waals surface area contributed by atoms with Crippen molar-refractivity contribution in [2.75, 3.05) is 0 Å². The summed E-state index contributed by atoms with van der Waals surface area (Å²) >= 11 is 0. The topological polar surface area (TPSA) is 21.2 Å². The lowest BCUT2D eigenvalue weighted by Crippen LogP contribution is -2.30. The van der Waals surface area contributed by atoms with E-state index in [1.54, 1.807) is 0 Å². The molecule has 3 heteroatoms. The number of pyridine rings is 1. The van der Waals surface area contributed by atoms with Crippen molar-refractivity contribution in [1.82, 2.24) is 9.38 Å². The number of hydrogen-bond donors (Lipinski definition) is 0. The lowest BCUT2D eigenvalue weighted by atomic mass is 9.91. The SMILES string of the molecule is Cc1c2ccccc2cc2c1c1c3c(cc(CC4CCCC4)c4c5ccccc5n2c43)nc[n+]1C. The van der Waals surface area contributed by atoms with E-state index in [9.17, 15) is 0 Å². The maximum Gasteiger partial charge on any atom is 0.287 e. The van der Waals surface area contributed by atoms with Crippen LogP contribution in [-0.4, -0.2) is 9.38 Å². The Morgan fingerprint density at radius 2 is 1.66 bits per heavy atom. The van der Waals surface area contributed by atoms with Crippen LogP contribution in [0, 0.1) is 12.8 Å². The van der Waals surface area contributed by atoms with Gasteiger partial charge in [0.2, 0.25) is 0 Å². The molecule has 0 amide bonds. The van der Waals surface area contributed by atoms with E-state index in [1.165, 1.54) is 91.2 Å². The first-order valence-corrected chi connectivity index (χ1v) is 13.0. The second-order valence-corrected chi connectivity index (χ2v) is 10.7. The molecule has 7 aromatic rings. The lowest BCUT2D eigenvalue weighted by Gasteiger charge is -2.16. The molecule has 1 aliphatic rings. The van der Waals surface area contributed by atoms with Gasteiger partial charge in [-0.25, -0.2) is 4.57 Å². The zero-order valence-electron chi connectivity index (χ0n) is 20.3. The molecule has 0 atom stereocenters. The molecule has 35 heavy (non-hydrogen) atoms. The van der Waals surface area contributed by atoms with E-state index in [2.05, 4.69) is 83.6 Å². The van der Waals surface area contributed by atoms with Crippen LogP contribution < -0.4 is 4.57 Å². The largest absolute Gasteiger partial charge is 0.307 e. The Hall–Kier alpha value is -3.72. The fraction of sp³-hybridized carbons (Fsp3) is 0.250. The lowest BCUT2D eigenvalue weighted by molar-refractivity contribution is -0.646. The fourth-order valence-electron chi connectivity index (χ4n) is 7.17. The van der Waals surface area contributed by atoms with Crippen molar-refractivity contribution in [1.29, 1.82) is 0 Å². The molecular formula is C32H28N3+. The normalized spacial score (nSPS) is 15.3. The van der Waals surface area contributed by atoms with Crippen molar-refractivity contribution in [2.45, 2.75) is 39.0 Å². The molecule has 0 spiro atoms. The molecule has 0 radical (unpaired) electrons. The summed E-state index contributed by atoms with van der Waals surface area (Å²) in [6.07, 6.45) is 8.63. The number of rotatable bonds is 2. The Kier molecular flexibility index (Phi) is 3.87. The van der Waals surface area contributed by atoms with E-state index in [0.717, 1.165) is 17.9 Å². The van der Waals surface area contributed by atoms with E-state index >= 15 is 0 Å². The van der Waals surface area contributed by atoms with Crippen LogP contribution in [0.3, 0.4) is 0 Å². The second kappa shape index (κ2) is 6.91. The minimum absolute atomic E-state index is 0.790. The minimum atomic E-state index is 0.790. The highest BCUT2D eigenvalue weighted by Crippen LogP contribution is 2.44. The Bertz CT molecular complexity index is 1950. The van der Waals surface area contributed by atoms with Gasteiger partial charge in [0, 0.05) is 16.2 Å². The molecule has 0 unspecified atom stereocenters. The number of aryl methyl sites for hydroxylation is 2. The van der Waals surface area contributed by atoms with Gasteiger partial charge in [-0.1, -0.05) is 68.1 Å². The van der Waals surface area contributed by atoms with Gasteiger partial charge in [0.1, 0.15) is 5.52 Å². The number of hydrogen-bond acceptors (Lipinski definition) is 1. The summed E-state index contributed by atoms with van der Waals surface area (Å²) in [4.78, 5) is 4.99. The van der Waals surface area contributed by atoms with Crippen molar-refractivity contribution in [3.05, 3.63) is 78.1 Å². The molecule has 170 valence electrons. The standard InChI is InChI=1S/C32H28N3/c1-19-23-12-6-5-11-21(23)17-27-28(19)31-30-25(33-18-34(31)2)16-22(15-20-9-3-4-10-20)29-24-13-7-8-14-26(24)35(27)32(29)30/h5-8,11-14,16-18,20H,3-4,9-10,15H2,1-2H3/q+1. The van der Waals surface area contributed by atoms with Gasteiger partial charge in [-0.2, -0.15) is 0 Å². The van der Waals surface area contributed by atoms with Crippen LogP contribution in [0.4, 0.5) is 0 Å². The molecular weight excluding hydrogens is 426 g/mol. The highest BCUT2D eigenvalue weighted by atomic mass is 15.0. The Labute approximate surface area is 203 Å². The van der Waals surface area contributed by atoms with Crippen LogP contribution in [0.25, 0.3) is 59.9 Å². The molecule has 3 nitrogen and oxygen atoms in total. The average molecular weight is 455 g/mol. The summed E-state index contributed by atoms with van der Waals surface area (Å²) in [5.74, 6) is 0.790. The van der Waals surface area contributed by atoms with Gasteiger partial charge in [0.25, 0.3) is 6.33 Å². The minimum Gasteiger partial charge on any atom is -0.307 e. The molecule has 1 fully saturated rings. The van der Waals surface area contributed by atoms with E-state index < -0.39 is 0 Å². The summed E-state index contributed by atoms with van der Waals surface area (Å²) < 4.78 is 4.79. The van der Waals surface area contributed by atoms with Gasteiger partial charge in [0.15, 0.2) is 5.52 Å². The van der Waals surface area contributed by atoms with Gasteiger partial charge < -0.3 is 4.40 Å². The van der Waals surface area contributed by atoms with E-state index in [4.69, 9.17) is 4.98 Å². The first-order chi connectivity index (χ1) is 17.2. The maximum absolute atomic E-state index is 4.99. The van der Waals surface area contributed by atoms with E-state index in [0.29, 0.717) is 0 Å². The predicted octanol–water partition coefficient (Wildman–Crippen LogP) is 7.40. The van der Waals surface area contributed by atoms with E-state index in [-0.39, 0.29) is 0 Å². The third-order valence-electron chi connectivity index (χ3n) is 8.71. The Morgan fingerprint density at radius 1 is 0.886 bits per heavy atom. The van der Waals surface area contributed by atoms with Crippen LogP contribution in [0.2, 0.25) is 0 Å². The number of fused-ring (bicyclic) bond motifs is 7. The zero-order valence-corrected chi connectivity index (χ0v) is 20.3. The van der Waals surface area contributed by atoms with Gasteiger partial charge in [-0.05, 0) is 64.3 Å². The van der Waals surface area contributed by atoms with Crippen molar-refractivity contribution >= 4 is 59.9 Å². The highest BCUT2D eigenvalue weighted by Gasteiger charge is 2.28. The molecule has 3 aromatic heterocycles. The Balaban J connectivity index is 1.69. The monoisotopic (exact) mass is 454 g/mol. The number of para-hydroxylation sites is 1. The summed E-state index contributed by atoms with van der Waals surface area (Å²) in [7, 11) is 2.15. The zero-order chi connectivity index (χ0) is 23.3. The number of nitrogens with zero attached hydrogens (tertiary/aromatic N) is 3. The van der Waals surface area contributed by atoms with Crippen molar-refractivity contribution < 1.29 is 4.57 Å². The summed E-state index contributed by atoms with van der Waals surface area (Å²) in [5.41, 5.74) is 9.17. The summed E-state index contributed by atoms with van der Waals surface area (Å²) in [5, 5.41) is 8.05. The fourth-order valence-corrected chi connectivity index (χ4v) is 7.17. The van der Waals surface area contributed by atoms with Crippen LogP contribution in [0.5, 0.6) is 0 Å². The summed E-state index contributed by atoms with van der Waals surface area (Å²) in [6.45, 7) is 2.29. The van der Waals surface area contributed by atoms with Crippen molar-refractivity contribution in [2.24, 2.45) is 13.0 Å².